The molecule has 0 aliphatic rings. The molecule has 100 valence electrons. The Morgan fingerprint density at radius 1 is 1.47 bits per heavy atom. The van der Waals surface area contributed by atoms with Gasteiger partial charge in [-0.3, -0.25) is 4.79 Å². The van der Waals surface area contributed by atoms with Crippen LogP contribution in [0.25, 0.3) is 0 Å². The zero-order valence-corrected chi connectivity index (χ0v) is 13.3. The Kier molecular flexibility index (Phi) is 4.50. The molecule has 6 heteroatoms. The van der Waals surface area contributed by atoms with Crippen molar-refractivity contribution in [1.82, 2.24) is 4.90 Å². The Morgan fingerprint density at radius 2 is 2.21 bits per heavy atom. The highest BCUT2D eigenvalue weighted by atomic mass is 79.9. The number of hydrogen-bond acceptors (Lipinski definition) is 3. The molecule has 0 unspecified atom stereocenters. The summed E-state index contributed by atoms with van der Waals surface area (Å²) < 4.78 is 1.05. The number of carbonyl (C=O) groups excluding carboxylic acids is 1. The highest BCUT2D eigenvalue weighted by Gasteiger charge is 2.15. The number of nitrogens with zero attached hydrogens (tertiary/aromatic N) is 1. The number of carbonyl (C=O) groups is 1. The van der Waals surface area contributed by atoms with E-state index in [9.17, 15) is 4.79 Å². The van der Waals surface area contributed by atoms with Crippen LogP contribution in [0.1, 0.15) is 15.9 Å². The zero-order chi connectivity index (χ0) is 14.0. The third kappa shape index (κ3) is 3.49. The Morgan fingerprint density at radius 3 is 2.84 bits per heavy atom. The van der Waals surface area contributed by atoms with Gasteiger partial charge in [-0.1, -0.05) is 11.6 Å². The van der Waals surface area contributed by atoms with Crippen molar-refractivity contribution in [1.29, 1.82) is 0 Å². The van der Waals surface area contributed by atoms with E-state index in [-0.39, 0.29) is 5.91 Å². The molecule has 0 bridgehead atoms. The fourth-order valence-corrected chi connectivity index (χ4v) is 3.07. The van der Waals surface area contributed by atoms with E-state index >= 15 is 0 Å². The van der Waals surface area contributed by atoms with Gasteiger partial charge in [-0.05, 0) is 51.1 Å². The first-order valence-corrected chi connectivity index (χ1v) is 7.56. The molecule has 2 aromatic rings. The lowest BCUT2D eigenvalue weighted by atomic mass is 10.1. The predicted octanol–water partition coefficient (Wildman–Crippen LogP) is 4.02. The summed E-state index contributed by atoms with van der Waals surface area (Å²) in [6, 6.07) is 6.91. The van der Waals surface area contributed by atoms with Crippen LogP contribution in [-0.2, 0) is 6.54 Å². The van der Waals surface area contributed by atoms with Crippen LogP contribution in [0.4, 0.5) is 5.69 Å². The average Bonchev–Trinajstić information content (AvgIpc) is 2.77. The molecule has 0 atom stereocenters. The smallest absolute Gasteiger partial charge is 0.256 e. The zero-order valence-electron chi connectivity index (χ0n) is 10.2. The monoisotopic (exact) mass is 358 g/mol. The summed E-state index contributed by atoms with van der Waals surface area (Å²) in [6.07, 6.45) is 0. The maximum atomic E-state index is 12.3. The number of anilines is 1. The number of halogens is 2. The molecule has 0 aliphatic heterocycles. The summed E-state index contributed by atoms with van der Waals surface area (Å²) in [5, 5.41) is 2.51. The van der Waals surface area contributed by atoms with E-state index in [1.54, 1.807) is 41.5 Å². The van der Waals surface area contributed by atoms with Crippen molar-refractivity contribution < 1.29 is 4.79 Å². The van der Waals surface area contributed by atoms with Crippen LogP contribution in [0.15, 0.2) is 33.4 Å². The Balaban J connectivity index is 2.16. The van der Waals surface area contributed by atoms with E-state index in [1.165, 1.54) is 0 Å². The Bertz CT molecular complexity index is 614. The third-order valence-corrected chi connectivity index (χ3v) is 4.42. The van der Waals surface area contributed by atoms with E-state index in [0.29, 0.717) is 22.8 Å². The maximum absolute atomic E-state index is 12.3. The lowest BCUT2D eigenvalue weighted by molar-refractivity contribution is 0.0786. The maximum Gasteiger partial charge on any atom is 0.256 e. The normalized spacial score (nSPS) is 10.5. The number of hydrogen-bond donors (Lipinski definition) is 1. The average molecular weight is 360 g/mol. The number of nitrogens with two attached hydrogens (primary N) is 1. The second kappa shape index (κ2) is 5.94. The van der Waals surface area contributed by atoms with E-state index in [1.807, 2.05) is 11.4 Å². The summed E-state index contributed by atoms with van der Waals surface area (Å²) >= 11 is 10.9. The second-order valence-electron chi connectivity index (χ2n) is 4.15. The largest absolute Gasteiger partial charge is 0.398 e. The molecule has 1 heterocycles. The van der Waals surface area contributed by atoms with Crippen molar-refractivity contribution in [2.24, 2.45) is 0 Å². The van der Waals surface area contributed by atoms with Crippen LogP contribution in [0, 0.1) is 0 Å². The molecule has 19 heavy (non-hydrogen) atoms. The number of thiophene rings is 1. The summed E-state index contributed by atoms with van der Waals surface area (Å²) in [5.74, 6) is -0.137. The molecule has 1 aromatic heterocycles. The first-order chi connectivity index (χ1) is 8.97. The van der Waals surface area contributed by atoms with Crippen LogP contribution in [-0.4, -0.2) is 17.9 Å². The summed E-state index contributed by atoms with van der Waals surface area (Å²) in [4.78, 5) is 13.9. The molecule has 1 aromatic carbocycles. The van der Waals surface area contributed by atoms with Crippen LogP contribution in [0.3, 0.4) is 0 Å². The standard InChI is InChI=1S/C13H12BrClN2OS/c1-17(6-8-4-12(14)19-7-8)13(18)10-5-9(15)2-3-11(10)16/h2-5,7H,6,16H2,1H3. The molecule has 2 rings (SSSR count). The lowest BCUT2D eigenvalue weighted by Gasteiger charge is -2.17. The van der Waals surface area contributed by atoms with E-state index in [4.69, 9.17) is 17.3 Å². The van der Waals surface area contributed by atoms with Crippen molar-refractivity contribution >= 4 is 50.5 Å². The van der Waals surface area contributed by atoms with Crippen molar-refractivity contribution in [2.45, 2.75) is 6.54 Å². The van der Waals surface area contributed by atoms with Gasteiger partial charge in [0.1, 0.15) is 0 Å². The first-order valence-electron chi connectivity index (χ1n) is 5.51. The van der Waals surface area contributed by atoms with E-state index < -0.39 is 0 Å². The Hall–Kier alpha value is -1.04. The van der Waals surface area contributed by atoms with Gasteiger partial charge in [0.2, 0.25) is 0 Å². The Labute approximate surface area is 129 Å². The molecule has 2 N–H and O–H groups in total. The van der Waals surface area contributed by atoms with Crippen LogP contribution in [0.2, 0.25) is 5.02 Å². The van der Waals surface area contributed by atoms with Gasteiger partial charge in [-0.2, -0.15) is 0 Å². The van der Waals surface area contributed by atoms with Crippen LogP contribution >= 0.6 is 38.9 Å². The number of rotatable bonds is 3. The van der Waals surface area contributed by atoms with Gasteiger partial charge >= 0.3 is 0 Å². The molecule has 0 saturated carbocycles. The molecule has 0 radical (unpaired) electrons. The van der Waals surface area contributed by atoms with Gasteiger partial charge in [-0.15, -0.1) is 11.3 Å². The number of nitrogen functional groups attached to an aromatic ring is 1. The molecule has 0 saturated heterocycles. The van der Waals surface area contributed by atoms with Crippen molar-refractivity contribution in [3.8, 4) is 0 Å². The highest BCUT2D eigenvalue weighted by molar-refractivity contribution is 9.11. The minimum atomic E-state index is -0.137. The van der Waals surface area contributed by atoms with E-state index in [0.717, 1.165) is 9.35 Å². The quantitative estimate of drug-likeness (QED) is 0.841. The molecule has 0 spiro atoms. The summed E-state index contributed by atoms with van der Waals surface area (Å²) in [5.41, 5.74) is 7.76. The van der Waals surface area contributed by atoms with Crippen molar-refractivity contribution in [2.75, 3.05) is 12.8 Å². The van der Waals surface area contributed by atoms with Gasteiger partial charge in [0.25, 0.3) is 5.91 Å². The number of benzene rings is 1. The summed E-state index contributed by atoms with van der Waals surface area (Å²) in [6.45, 7) is 0.535. The lowest BCUT2D eigenvalue weighted by Crippen LogP contribution is -2.26. The molecular formula is C13H12BrClN2OS. The molecular weight excluding hydrogens is 348 g/mol. The van der Waals surface area contributed by atoms with Gasteiger partial charge < -0.3 is 10.6 Å². The highest BCUT2D eigenvalue weighted by Crippen LogP contribution is 2.23. The number of amides is 1. The molecule has 0 aliphatic carbocycles. The predicted molar refractivity (Wildman–Crippen MR) is 83.7 cm³/mol. The van der Waals surface area contributed by atoms with Crippen LogP contribution < -0.4 is 5.73 Å². The fourth-order valence-electron chi connectivity index (χ4n) is 1.69. The van der Waals surface area contributed by atoms with Gasteiger partial charge in [0, 0.05) is 24.3 Å². The second-order valence-corrected chi connectivity index (χ2v) is 6.88. The van der Waals surface area contributed by atoms with Crippen molar-refractivity contribution in [3.63, 3.8) is 0 Å². The topological polar surface area (TPSA) is 46.3 Å². The molecule has 1 amide bonds. The minimum absolute atomic E-state index is 0.137. The SMILES string of the molecule is CN(Cc1csc(Br)c1)C(=O)c1cc(Cl)ccc1N. The van der Waals surface area contributed by atoms with Gasteiger partial charge in [-0.25, -0.2) is 0 Å². The van der Waals surface area contributed by atoms with E-state index in [2.05, 4.69) is 15.9 Å². The van der Waals surface area contributed by atoms with Gasteiger partial charge in [0.05, 0.1) is 9.35 Å². The molecule has 0 fully saturated rings. The minimum Gasteiger partial charge on any atom is -0.398 e. The van der Waals surface area contributed by atoms with Crippen LogP contribution in [0.5, 0.6) is 0 Å². The van der Waals surface area contributed by atoms with Gasteiger partial charge in [0.15, 0.2) is 0 Å². The fraction of sp³-hybridized carbons (Fsp3) is 0.154. The summed E-state index contributed by atoms with van der Waals surface area (Å²) in [7, 11) is 1.74. The molecule has 3 nitrogen and oxygen atoms in total. The first kappa shape index (κ1) is 14.4. The van der Waals surface area contributed by atoms with Crippen molar-refractivity contribution in [3.05, 3.63) is 49.6 Å². The third-order valence-electron chi connectivity index (χ3n) is 2.63.